The van der Waals surface area contributed by atoms with Crippen LogP contribution in [0.4, 0.5) is 16.2 Å². The molecule has 7 heteroatoms. The van der Waals surface area contributed by atoms with Crippen LogP contribution >= 0.6 is 0 Å². The lowest BCUT2D eigenvalue weighted by Gasteiger charge is -2.32. The van der Waals surface area contributed by atoms with Gasteiger partial charge in [-0.15, -0.1) is 0 Å². The van der Waals surface area contributed by atoms with Gasteiger partial charge >= 0.3 is 12.1 Å². The second-order valence-corrected chi connectivity index (χ2v) is 7.22. The first-order valence-corrected chi connectivity index (χ1v) is 8.47. The molecule has 1 fully saturated rings. The molecule has 1 aromatic rings. The first kappa shape index (κ1) is 19.1. The summed E-state index contributed by atoms with van der Waals surface area (Å²) in [6.45, 7) is 10.7. The molecule has 0 radical (unpaired) electrons. The van der Waals surface area contributed by atoms with Gasteiger partial charge in [0.25, 0.3) is 0 Å². The van der Waals surface area contributed by atoms with Crippen molar-refractivity contribution < 1.29 is 19.4 Å². The number of hydrogen-bond donors (Lipinski definition) is 3. The largest absolute Gasteiger partial charge is 0.481 e. The highest BCUT2D eigenvalue weighted by molar-refractivity contribution is 5.88. The Hall–Kier alpha value is -2.28. The van der Waals surface area contributed by atoms with E-state index in [9.17, 15) is 9.59 Å². The number of rotatable bonds is 4. The predicted molar refractivity (Wildman–Crippen MR) is 97.5 cm³/mol. The fraction of sp³-hybridized carbons (Fsp3) is 0.556. The molecule has 7 nitrogen and oxygen atoms in total. The van der Waals surface area contributed by atoms with E-state index >= 15 is 0 Å². The third-order valence-corrected chi connectivity index (χ3v) is 3.89. The number of carbonyl (C=O) groups excluding carboxylic acids is 1. The molecule has 1 aliphatic rings. The number of nitrogens with zero attached hydrogens (tertiary/aromatic N) is 1. The van der Waals surface area contributed by atoms with Crippen LogP contribution in [0.5, 0.6) is 0 Å². The van der Waals surface area contributed by atoms with Crippen LogP contribution in [0, 0.1) is 6.92 Å². The van der Waals surface area contributed by atoms with Crippen LogP contribution in [-0.2, 0) is 16.0 Å². The van der Waals surface area contributed by atoms with E-state index in [1.54, 1.807) is 26.8 Å². The number of carboxylic acids is 1. The highest BCUT2D eigenvalue weighted by Gasteiger charge is 2.20. The first-order chi connectivity index (χ1) is 11.7. The number of carboxylic acid groups (broad SMARTS) is 1. The number of nitrogens with one attached hydrogen (secondary N) is 2. The Morgan fingerprint density at radius 2 is 1.92 bits per heavy atom. The molecule has 138 valence electrons. The van der Waals surface area contributed by atoms with E-state index in [4.69, 9.17) is 9.84 Å². The average Bonchev–Trinajstić information content (AvgIpc) is 2.48. The van der Waals surface area contributed by atoms with Crippen molar-refractivity contribution in [3.63, 3.8) is 0 Å². The predicted octanol–water partition coefficient (Wildman–Crippen LogP) is 2.38. The summed E-state index contributed by atoms with van der Waals surface area (Å²) in [5.74, 6) is -0.904. The number of piperazine rings is 1. The Kier molecular flexibility index (Phi) is 5.89. The fourth-order valence-corrected chi connectivity index (χ4v) is 2.81. The second kappa shape index (κ2) is 7.74. The normalized spacial score (nSPS) is 15.0. The Labute approximate surface area is 148 Å². The third-order valence-electron chi connectivity index (χ3n) is 3.89. The lowest BCUT2D eigenvalue weighted by atomic mass is 10.0. The molecule has 2 rings (SSSR count). The number of amides is 1. The Bertz CT molecular complexity index is 646. The van der Waals surface area contributed by atoms with Gasteiger partial charge in [-0.3, -0.25) is 10.1 Å². The minimum absolute atomic E-state index is 0.0949. The molecule has 1 heterocycles. The summed E-state index contributed by atoms with van der Waals surface area (Å²) in [6.07, 6.45) is -0.642. The molecule has 1 aliphatic heterocycles. The molecule has 3 N–H and O–H groups in total. The van der Waals surface area contributed by atoms with Crippen LogP contribution in [-0.4, -0.2) is 48.9 Å². The number of ether oxygens (including phenoxy) is 1. The maximum atomic E-state index is 12.1. The number of carbonyl (C=O) groups is 2. The van der Waals surface area contributed by atoms with Gasteiger partial charge in [0.2, 0.25) is 0 Å². The summed E-state index contributed by atoms with van der Waals surface area (Å²) in [4.78, 5) is 25.5. The Balaban J connectivity index is 2.32. The molecule has 0 aliphatic carbocycles. The van der Waals surface area contributed by atoms with Crippen LogP contribution in [0.1, 0.15) is 31.9 Å². The van der Waals surface area contributed by atoms with Crippen molar-refractivity contribution in [3.8, 4) is 0 Å². The van der Waals surface area contributed by atoms with Gasteiger partial charge in [0.05, 0.1) is 6.42 Å². The standard InChI is InChI=1S/C18H27N3O4/c1-12-14(20-17(24)25-18(2,3)4)9-13(11-16(22)23)10-15(12)21-7-5-19-6-8-21/h9-10,19H,5-8,11H2,1-4H3,(H,20,24)(H,22,23). The average molecular weight is 349 g/mol. The molecule has 1 aromatic carbocycles. The summed E-state index contributed by atoms with van der Waals surface area (Å²) in [5.41, 5.74) is 2.49. The van der Waals surface area contributed by atoms with Gasteiger partial charge in [0.1, 0.15) is 5.60 Å². The van der Waals surface area contributed by atoms with Crippen LogP contribution in [0.3, 0.4) is 0 Å². The zero-order chi connectivity index (χ0) is 18.6. The maximum Gasteiger partial charge on any atom is 0.412 e. The van der Waals surface area contributed by atoms with Gasteiger partial charge in [-0.2, -0.15) is 0 Å². The molecule has 0 unspecified atom stereocenters. The molecular formula is C18H27N3O4. The van der Waals surface area contributed by atoms with Crippen molar-refractivity contribution in [2.24, 2.45) is 0 Å². The number of aliphatic carboxylic acids is 1. The summed E-state index contributed by atoms with van der Waals surface area (Å²) in [6, 6.07) is 3.61. The van der Waals surface area contributed by atoms with Gasteiger partial charge < -0.3 is 20.1 Å². The van der Waals surface area contributed by atoms with E-state index in [0.717, 1.165) is 37.4 Å². The van der Waals surface area contributed by atoms with Crippen LogP contribution in [0.2, 0.25) is 0 Å². The highest BCUT2D eigenvalue weighted by Crippen LogP contribution is 2.30. The van der Waals surface area contributed by atoms with Gasteiger partial charge in [-0.1, -0.05) is 0 Å². The zero-order valence-corrected chi connectivity index (χ0v) is 15.3. The van der Waals surface area contributed by atoms with E-state index in [0.29, 0.717) is 11.3 Å². The molecule has 1 amide bonds. The van der Waals surface area contributed by atoms with Gasteiger partial charge in [-0.25, -0.2) is 4.79 Å². The van der Waals surface area contributed by atoms with Gasteiger partial charge in [-0.05, 0) is 51.0 Å². The lowest BCUT2D eigenvalue weighted by molar-refractivity contribution is -0.136. The fourth-order valence-electron chi connectivity index (χ4n) is 2.81. The van der Waals surface area contributed by atoms with E-state index in [-0.39, 0.29) is 6.42 Å². The molecule has 0 bridgehead atoms. The van der Waals surface area contributed by atoms with Crippen LogP contribution in [0.15, 0.2) is 12.1 Å². The van der Waals surface area contributed by atoms with Crippen molar-refractivity contribution in [1.29, 1.82) is 0 Å². The van der Waals surface area contributed by atoms with Crippen molar-refractivity contribution in [2.45, 2.75) is 39.7 Å². The van der Waals surface area contributed by atoms with Crippen LogP contribution in [0.25, 0.3) is 0 Å². The van der Waals surface area contributed by atoms with E-state index < -0.39 is 17.7 Å². The van der Waals surface area contributed by atoms with Crippen LogP contribution < -0.4 is 15.5 Å². The van der Waals surface area contributed by atoms with Crippen molar-refractivity contribution in [3.05, 3.63) is 23.3 Å². The molecule has 0 spiro atoms. The van der Waals surface area contributed by atoms with E-state index in [2.05, 4.69) is 15.5 Å². The second-order valence-electron chi connectivity index (χ2n) is 7.22. The zero-order valence-electron chi connectivity index (χ0n) is 15.3. The molecule has 0 aromatic heterocycles. The smallest absolute Gasteiger partial charge is 0.412 e. The quantitative estimate of drug-likeness (QED) is 0.773. The molecular weight excluding hydrogens is 322 g/mol. The Morgan fingerprint density at radius 1 is 1.28 bits per heavy atom. The van der Waals surface area contributed by atoms with Crippen molar-refractivity contribution in [1.82, 2.24) is 5.32 Å². The summed E-state index contributed by atoms with van der Waals surface area (Å²) < 4.78 is 5.31. The van der Waals surface area contributed by atoms with Crippen molar-refractivity contribution in [2.75, 3.05) is 36.4 Å². The highest BCUT2D eigenvalue weighted by atomic mass is 16.6. The number of anilines is 2. The van der Waals surface area contributed by atoms with Gasteiger partial charge in [0, 0.05) is 37.6 Å². The van der Waals surface area contributed by atoms with E-state index in [1.807, 2.05) is 13.0 Å². The number of hydrogen-bond acceptors (Lipinski definition) is 5. The molecule has 0 atom stereocenters. The minimum Gasteiger partial charge on any atom is -0.481 e. The first-order valence-electron chi connectivity index (χ1n) is 8.47. The van der Waals surface area contributed by atoms with E-state index in [1.165, 1.54) is 0 Å². The van der Waals surface area contributed by atoms with Crippen molar-refractivity contribution >= 4 is 23.4 Å². The van der Waals surface area contributed by atoms with Gasteiger partial charge in [0.15, 0.2) is 0 Å². The monoisotopic (exact) mass is 349 g/mol. The summed E-state index contributed by atoms with van der Waals surface area (Å²) in [5, 5.41) is 15.2. The lowest BCUT2D eigenvalue weighted by Crippen LogP contribution is -2.44. The third kappa shape index (κ3) is 5.63. The minimum atomic E-state index is -0.904. The summed E-state index contributed by atoms with van der Waals surface area (Å²) >= 11 is 0. The maximum absolute atomic E-state index is 12.1. The SMILES string of the molecule is Cc1c(NC(=O)OC(C)(C)C)cc(CC(=O)O)cc1N1CCNCC1. The molecule has 0 saturated carbocycles. The summed E-state index contributed by atoms with van der Waals surface area (Å²) in [7, 11) is 0. The number of benzene rings is 1. The molecule has 25 heavy (non-hydrogen) atoms. The Morgan fingerprint density at radius 3 is 2.48 bits per heavy atom. The topological polar surface area (TPSA) is 90.9 Å². The molecule has 1 saturated heterocycles.